The highest BCUT2D eigenvalue weighted by Gasteiger charge is 2.29. The smallest absolute Gasteiger partial charge is 0.160 e. The van der Waals surface area contributed by atoms with E-state index < -0.39 is 0 Å². The number of fused-ring (bicyclic) bond motifs is 1. The summed E-state index contributed by atoms with van der Waals surface area (Å²) >= 11 is 0. The Morgan fingerprint density at radius 2 is 1.82 bits per heavy atom. The van der Waals surface area contributed by atoms with Gasteiger partial charge in [0.2, 0.25) is 0 Å². The van der Waals surface area contributed by atoms with E-state index in [9.17, 15) is 5.11 Å². The van der Waals surface area contributed by atoms with Gasteiger partial charge < -0.3 is 19.5 Å². The van der Waals surface area contributed by atoms with Crippen LogP contribution in [0.15, 0.2) is 30.0 Å². The lowest BCUT2D eigenvalue weighted by atomic mass is 9.91. The number of likely N-dealkylation sites (tertiary alicyclic amines) is 1. The van der Waals surface area contributed by atoms with Crippen LogP contribution in [0.25, 0.3) is 0 Å². The molecule has 4 nitrogen and oxygen atoms in total. The molecule has 1 heterocycles. The minimum Gasteiger partial charge on any atom is -0.493 e. The maximum absolute atomic E-state index is 9.37. The van der Waals surface area contributed by atoms with Crippen LogP contribution < -0.4 is 9.47 Å². The predicted octanol–water partition coefficient (Wildman–Crippen LogP) is 2.99. The molecule has 122 valence electrons. The van der Waals surface area contributed by atoms with Crippen molar-refractivity contribution in [3.8, 4) is 11.5 Å². The minimum absolute atomic E-state index is 0.179. The van der Waals surface area contributed by atoms with E-state index in [1.165, 1.54) is 30.6 Å². The number of aliphatic hydroxyl groups is 1. The van der Waals surface area contributed by atoms with Crippen molar-refractivity contribution >= 4 is 0 Å². The van der Waals surface area contributed by atoms with E-state index >= 15 is 0 Å². The fourth-order valence-corrected chi connectivity index (χ4v) is 3.09. The molecule has 1 aliphatic heterocycles. The van der Waals surface area contributed by atoms with Crippen molar-refractivity contribution in [1.82, 2.24) is 4.90 Å². The van der Waals surface area contributed by atoms with Crippen LogP contribution in [0.2, 0.25) is 0 Å². The van der Waals surface area contributed by atoms with E-state index in [1.54, 1.807) is 14.2 Å². The molecule has 0 aromatic heterocycles. The average molecular weight is 305 g/mol. The van der Waals surface area contributed by atoms with Crippen LogP contribution in [0.1, 0.15) is 24.8 Å². The fourth-order valence-electron chi connectivity index (χ4n) is 3.09. The molecule has 0 spiro atoms. The van der Waals surface area contributed by atoms with Crippen molar-refractivity contribution in [2.75, 3.05) is 27.8 Å². The summed E-state index contributed by atoms with van der Waals surface area (Å²) in [5.41, 5.74) is 2.55. The molecular formula is C18H27NO3. The van der Waals surface area contributed by atoms with E-state index in [0.29, 0.717) is 0 Å². The van der Waals surface area contributed by atoms with E-state index in [4.69, 9.17) is 9.47 Å². The van der Waals surface area contributed by atoms with Crippen molar-refractivity contribution in [3.05, 3.63) is 35.5 Å². The van der Waals surface area contributed by atoms with Crippen molar-refractivity contribution in [1.29, 1.82) is 0 Å². The van der Waals surface area contributed by atoms with E-state index in [-0.39, 0.29) is 6.10 Å². The van der Waals surface area contributed by atoms with E-state index in [0.717, 1.165) is 23.8 Å². The first kappa shape index (κ1) is 16.7. The third-order valence-electron chi connectivity index (χ3n) is 4.39. The topological polar surface area (TPSA) is 41.9 Å². The Kier molecular flexibility index (Phi) is 5.72. The number of aryl methyl sites for hydroxylation is 1. The summed E-state index contributed by atoms with van der Waals surface area (Å²) in [7, 11) is 5.38. The van der Waals surface area contributed by atoms with E-state index in [1.807, 2.05) is 31.2 Å². The molecule has 1 saturated heterocycles. The number of rotatable bonds is 2. The molecule has 1 aromatic rings. The quantitative estimate of drug-likeness (QED) is 0.912. The SMILES string of the molecule is CN1CCC2CCC(O)C=C21.COc1ccc(C)cc1OC. The molecule has 1 fully saturated rings. The van der Waals surface area contributed by atoms with Crippen molar-refractivity contribution in [2.24, 2.45) is 5.92 Å². The van der Waals surface area contributed by atoms with Crippen LogP contribution >= 0.6 is 0 Å². The third-order valence-corrected chi connectivity index (χ3v) is 4.39. The van der Waals surface area contributed by atoms with Gasteiger partial charge in [-0.1, -0.05) is 6.07 Å². The normalized spacial score (nSPS) is 23.1. The van der Waals surface area contributed by atoms with Gasteiger partial charge in [-0.15, -0.1) is 0 Å². The summed E-state index contributed by atoms with van der Waals surface area (Å²) in [6.07, 6.45) is 5.28. The maximum atomic E-state index is 9.37. The van der Waals surface area contributed by atoms with Gasteiger partial charge in [0.1, 0.15) is 0 Å². The summed E-state index contributed by atoms with van der Waals surface area (Å²) in [6, 6.07) is 5.83. The summed E-state index contributed by atoms with van der Waals surface area (Å²) < 4.78 is 10.2. The molecule has 2 atom stereocenters. The summed E-state index contributed by atoms with van der Waals surface area (Å²) in [5.74, 6) is 2.31. The van der Waals surface area contributed by atoms with Crippen LogP contribution in [-0.2, 0) is 0 Å². The lowest BCUT2D eigenvalue weighted by Gasteiger charge is -2.24. The molecule has 1 aliphatic carbocycles. The van der Waals surface area contributed by atoms with Gasteiger partial charge in [-0.25, -0.2) is 0 Å². The highest BCUT2D eigenvalue weighted by Crippen LogP contribution is 2.34. The monoisotopic (exact) mass is 305 g/mol. The molecule has 1 N–H and O–H groups in total. The van der Waals surface area contributed by atoms with Crippen molar-refractivity contribution in [2.45, 2.75) is 32.3 Å². The lowest BCUT2D eigenvalue weighted by molar-refractivity contribution is 0.189. The number of hydrogen-bond acceptors (Lipinski definition) is 4. The molecular weight excluding hydrogens is 278 g/mol. The maximum Gasteiger partial charge on any atom is 0.160 e. The predicted molar refractivity (Wildman–Crippen MR) is 88.3 cm³/mol. The molecule has 0 radical (unpaired) electrons. The van der Waals surface area contributed by atoms with Crippen molar-refractivity contribution in [3.63, 3.8) is 0 Å². The van der Waals surface area contributed by atoms with Crippen LogP contribution in [-0.4, -0.2) is 43.9 Å². The Hall–Kier alpha value is -1.68. The lowest BCUT2D eigenvalue weighted by Crippen LogP contribution is -2.20. The van der Waals surface area contributed by atoms with Crippen LogP contribution in [0, 0.1) is 12.8 Å². The first-order chi connectivity index (χ1) is 10.5. The second-order valence-electron chi connectivity index (χ2n) is 6.00. The number of methoxy groups -OCH3 is 2. The molecule has 22 heavy (non-hydrogen) atoms. The number of nitrogens with zero attached hydrogens (tertiary/aromatic N) is 1. The molecule has 0 saturated carbocycles. The highest BCUT2D eigenvalue weighted by molar-refractivity contribution is 5.42. The molecule has 2 unspecified atom stereocenters. The molecule has 4 heteroatoms. The summed E-state index contributed by atoms with van der Waals surface area (Å²) in [4.78, 5) is 2.27. The molecule has 3 rings (SSSR count). The van der Waals surface area contributed by atoms with Gasteiger partial charge in [0.05, 0.1) is 20.3 Å². The largest absolute Gasteiger partial charge is 0.493 e. The fraction of sp³-hybridized carbons (Fsp3) is 0.556. The number of ether oxygens (including phenoxy) is 2. The number of allylic oxidation sites excluding steroid dienone is 1. The van der Waals surface area contributed by atoms with Gasteiger partial charge in [0.15, 0.2) is 11.5 Å². The Bertz CT molecular complexity index is 527. The Morgan fingerprint density at radius 3 is 2.50 bits per heavy atom. The Morgan fingerprint density at radius 1 is 1.09 bits per heavy atom. The zero-order valence-electron chi connectivity index (χ0n) is 14.0. The first-order valence-corrected chi connectivity index (χ1v) is 7.84. The van der Waals surface area contributed by atoms with Gasteiger partial charge in [0, 0.05) is 25.2 Å². The molecule has 2 aliphatic rings. The first-order valence-electron chi connectivity index (χ1n) is 7.84. The zero-order valence-corrected chi connectivity index (χ0v) is 14.0. The molecule has 0 bridgehead atoms. The standard InChI is InChI=1S/C9H15NO.C9H12O2/c1-10-5-4-7-2-3-8(11)6-9(7)10;1-7-4-5-8(10-2)9(6-7)11-3/h6-8,11H,2-5H2,1H3;4-6H,1-3H3. The van der Waals surface area contributed by atoms with E-state index in [2.05, 4.69) is 11.9 Å². The van der Waals surface area contributed by atoms with Gasteiger partial charge in [-0.2, -0.15) is 0 Å². The third kappa shape index (κ3) is 3.95. The second-order valence-corrected chi connectivity index (χ2v) is 6.00. The van der Waals surface area contributed by atoms with Crippen LogP contribution in [0.3, 0.4) is 0 Å². The molecule has 0 amide bonds. The number of benzene rings is 1. The van der Waals surface area contributed by atoms with Gasteiger partial charge in [-0.05, 0) is 50.0 Å². The van der Waals surface area contributed by atoms with Crippen LogP contribution in [0.4, 0.5) is 0 Å². The zero-order chi connectivity index (χ0) is 16.1. The van der Waals surface area contributed by atoms with Gasteiger partial charge >= 0.3 is 0 Å². The van der Waals surface area contributed by atoms with Gasteiger partial charge in [0.25, 0.3) is 0 Å². The second kappa shape index (κ2) is 7.54. The minimum atomic E-state index is -0.179. The Labute approximate surface area is 133 Å². The number of hydrogen-bond donors (Lipinski definition) is 1. The number of aliphatic hydroxyl groups excluding tert-OH is 1. The van der Waals surface area contributed by atoms with Gasteiger partial charge in [-0.3, -0.25) is 0 Å². The highest BCUT2D eigenvalue weighted by atomic mass is 16.5. The molecule has 1 aromatic carbocycles. The Balaban J connectivity index is 0.000000160. The van der Waals surface area contributed by atoms with Crippen molar-refractivity contribution < 1.29 is 14.6 Å². The average Bonchev–Trinajstić information content (AvgIpc) is 2.88. The van der Waals surface area contributed by atoms with Crippen LogP contribution in [0.5, 0.6) is 11.5 Å². The summed E-state index contributed by atoms with van der Waals surface area (Å²) in [6.45, 7) is 3.19. The summed E-state index contributed by atoms with van der Waals surface area (Å²) in [5, 5.41) is 9.37.